The third-order valence-electron chi connectivity index (χ3n) is 3.07. The largest absolute Gasteiger partial charge is 0.480 e. The molecule has 0 fully saturated rings. The minimum absolute atomic E-state index is 0.0994. The molecular weight excluding hydrogens is 292 g/mol. The van der Waals surface area contributed by atoms with E-state index in [0.29, 0.717) is 0 Å². The number of nitrogens with two attached hydrogens (primary N) is 2. The molecule has 3 amide bonds. The molecule has 9 nitrogen and oxygen atoms in total. The van der Waals surface area contributed by atoms with E-state index in [9.17, 15) is 19.2 Å². The summed E-state index contributed by atoms with van der Waals surface area (Å²) in [6.07, 6.45) is -0.293. The number of primary amides is 1. The fourth-order valence-corrected chi connectivity index (χ4v) is 1.52. The van der Waals surface area contributed by atoms with E-state index in [0.717, 1.165) is 0 Å². The Balaban J connectivity index is 4.57. The third-order valence-corrected chi connectivity index (χ3v) is 3.07. The quantitative estimate of drug-likeness (QED) is 0.340. The van der Waals surface area contributed by atoms with Crippen molar-refractivity contribution in [1.29, 1.82) is 0 Å². The molecule has 0 spiro atoms. The van der Waals surface area contributed by atoms with Crippen molar-refractivity contribution in [2.45, 2.75) is 51.7 Å². The van der Waals surface area contributed by atoms with E-state index < -0.39 is 41.8 Å². The minimum atomic E-state index is -1.29. The summed E-state index contributed by atoms with van der Waals surface area (Å²) in [5.74, 6) is -3.22. The Kier molecular flexibility index (Phi) is 8.10. The zero-order chi connectivity index (χ0) is 17.4. The SMILES string of the molecule is CC(C)[C@H](N)C(=O)N[C@@H](C)C(=O)N[C@@H](CCC(N)=O)C(=O)O. The Hall–Kier alpha value is -2.16. The maximum absolute atomic E-state index is 11.9. The van der Waals surface area contributed by atoms with E-state index in [2.05, 4.69) is 10.6 Å². The first-order chi connectivity index (χ1) is 10.1. The standard InChI is InChI=1S/C13H24N4O5/c1-6(2)10(15)12(20)16-7(3)11(19)17-8(13(21)22)4-5-9(14)18/h6-8,10H,4-5,15H2,1-3H3,(H2,14,18)(H,16,20)(H,17,19)(H,21,22)/t7-,8-,10-/m0/s1. The van der Waals surface area contributed by atoms with E-state index in [4.69, 9.17) is 16.6 Å². The van der Waals surface area contributed by atoms with Crippen molar-refractivity contribution in [2.75, 3.05) is 0 Å². The van der Waals surface area contributed by atoms with E-state index in [1.165, 1.54) is 6.92 Å². The topological polar surface area (TPSA) is 165 Å². The van der Waals surface area contributed by atoms with Gasteiger partial charge in [-0.25, -0.2) is 4.79 Å². The number of amides is 3. The summed E-state index contributed by atoms with van der Waals surface area (Å²) in [4.78, 5) is 45.3. The van der Waals surface area contributed by atoms with Crippen molar-refractivity contribution >= 4 is 23.7 Å². The van der Waals surface area contributed by atoms with Crippen LogP contribution in [0.1, 0.15) is 33.6 Å². The molecule has 0 aliphatic rings. The van der Waals surface area contributed by atoms with E-state index in [-0.39, 0.29) is 18.8 Å². The molecule has 7 N–H and O–H groups in total. The average Bonchev–Trinajstić information content (AvgIpc) is 2.41. The van der Waals surface area contributed by atoms with E-state index in [1.54, 1.807) is 13.8 Å². The molecule has 9 heteroatoms. The van der Waals surface area contributed by atoms with Crippen LogP contribution in [0.3, 0.4) is 0 Å². The number of carboxylic acids is 1. The molecule has 0 saturated heterocycles. The van der Waals surface area contributed by atoms with Crippen molar-refractivity contribution in [2.24, 2.45) is 17.4 Å². The number of nitrogens with one attached hydrogen (secondary N) is 2. The fourth-order valence-electron chi connectivity index (χ4n) is 1.52. The highest BCUT2D eigenvalue weighted by molar-refractivity contribution is 5.91. The van der Waals surface area contributed by atoms with Gasteiger partial charge in [0, 0.05) is 6.42 Å². The first-order valence-electron chi connectivity index (χ1n) is 6.93. The molecule has 0 unspecified atom stereocenters. The number of hydrogen-bond acceptors (Lipinski definition) is 5. The van der Waals surface area contributed by atoms with Crippen LogP contribution < -0.4 is 22.1 Å². The second-order valence-electron chi connectivity index (χ2n) is 5.40. The van der Waals surface area contributed by atoms with Gasteiger partial charge in [-0.05, 0) is 19.3 Å². The van der Waals surface area contributed by atoms with Gasteiger partial charge in [-0.2, -0.15) is 0 Å². The van der Waals surface area contributed by atoms with Crippen LogP contribution in [-0.4, -0.2) is 46.9 Å². The van der Waals surface area contributed by atoms with Gasteiger partial charge in [0.05, 0.1) is 6.04 Å². The van der Waals surface area contributed by atoms with Gasteiger partial charge >= 0.3 is 5.97 Å². The molecular formula is C13H24N4O5. The highest BCUT2D eigenvalue weighted by Crippen LogP contribution is 2.01. The number of aliphatic carboxylic acids is 1. The highest BCUT2D eigenvalue weighted by Gasteiger charge is 2.26. The Morgan fingerprint density at radius 3 is 2.00 bits per heavy atom. The lowest BCUT2D eigenvalue weighted by Crippen LogP contribution is -2.54. The Morgan fingerprint density at radius 2 is 1.59 bits per heavy atom. The molecule has 0 heterocycles. The predicted octanol–water partition coefficient (Wildman–Crippen LogP) is -1.69. The lowest BCUT2D eigenvalue weighted by atomic mass is 10.0. The van der Waals surface area contributed by atoms with Crippen molar-refractivity contribution in [1.82, 2.24) is 10.6 Å². The molecule has 0 aliphatic carbocycles. The number of rotatable bonds is 9. The molecule has 126 valence electrons. The zero-order valence-electron chi connectivity index (χ0n) is 13.0. The van der Waals surface area contributed by atoms with Gasteiger partial charge in [0.1, 0.15) is 12.1 Å². The zero-order valence-corrected chi connectivity index (χ0v) is 13.0. The van der Waals surface area contributed by atoms with Crippen LogP contribution in [0.5, 0.6) is 0 Å². The number of carbonyl (C=O) groups excluding carboxylic acids is 3. The molecule has 3 atom stereocenters. The Morgan fingerprint density at radius 1 is 1.05 bits per heavy atom. The summed E-state index contributed by atoms with van der Waals surface area (Å²) in [6.45, 7) is 4.94. The van der Waals surface area contributed by atoms with Gasteiger partial charge in [-0.1, -0.05) is 13.8 Å². The smallest absolute Gasteiger partial charge is 0.326 e. The second kappa shape index (κ2) is 8.98. The van der Waals surface area contributed by atoms with Gasteiger partial charge in [-0.15, -0.1) is 0 Å². The molecule has 0 bridgehead atoms. The Bertz CT molecular complexity index is 438. The second-order valence-corrected chi connectivity index (χ2v) is 5.40. The molecule has 22 heavy (non-hydrogen) atoms. The summed E-state index contributed by atoms with van der Waals surface area (Å²) >= 11 is 0. The Labute approximate surface area is 128 Å². The van der Waals surface area contributed by atoms with E-state index in [1.807, 2.05) is 0 Å². The molecule has 0 aromatic rings. The number of carbonyl (C=O) groups is 4. The average molecular weight is 316 g/mol. The van der Waals surface area contributed by atoms with Crippen molar-refractivity contribution in [3.8, 4) is 0 Å². The molecule has 0 radical (unpaired) electrons. The summed E-state index contributed by atoms with van der Waals surface area (Å²) < 4.78 is 0. The van der Waals surface area contributed by atoms with Crippen molar-refractivity contribution in [3.05, 3.63) is 0 Å². The summed E-state index contributed by atoms with van der Waals surface area (Å²) in [5.41, 5.74) is 10.6. The van der Waals surface area contributed by atoms with Crippen molar-refractivity contribution in [3.63, 3.8) is 0 Å². The fraction of sp³-hybridized carbons (Fsp3) is 0.692. The van der Waals surface area contributed by atoms with Crippen molar-refractivity contribution < 1.29 is 24.3 Å². The van der Waals surface area contributed by atoms with Crippen LogP contribution in [-0.2, 0) is 19.2 Å². The molecule has 0 aliphatic heterocycles. The van der Waals surface area contributed by atoms with Crippen LogP contribution in [0, 0.1) is 5.92 Å². The predicted molar refractivity (Wildman–Crippen MR) is 78.4 cm³/mol. The minimum Gasteiger partial charge on any atom is -0.480 e. The number of carboxylic acid groups (broad SMARTS) is 1. The maximum atomic E-state index is 11.9. The number of hydrogen-bond donors (Lipinski definition) is 5. The van der Waals surface area contributed by atoms with Crippen LogP contribution >= 0.6 is 0 Å². The first-order valence-corrected chi connectivity index (χ1v) is 6.93. The van der Waals surface area contributed by atoms with Gasteiger partial charge < -0.3 is 27.2 Å². The summed E-state index contributed by atoms with van der Waals surface area (Å²) in [6, 6.07) is -2.97. The lowest BCUT2D eigenvalue weighted by Gasteiger charge is -2.21. The van der Waals surface area contributed by atoms with E-state index >= 15 is 0 Å². The first kappa shape index (κ1) is 19.8. The highest BCUT2D eigenvalue weighted by atomic mass is 16.4. The maximum Gasteiger partial charge on any atom is 0.326 e. The normalized spacial score (nSPS) is 14.8. The van der Waals surface area contributed by atoms with Gasteiger partial charge in [-0.3, -0.25) is 14.4 Å². The van der Waals surface area contributed by atoms with Crippen LogP contribution in [0.4, 0.5) is 0 Å². The van der Waals surface area contributed by atoms with Gasteiger partial charge in [0.2, 0.25) is 17.7 Å². The molecule has 0 rings (SSSR count). The van der Waals surface area contributed by atoms with Crippen LogP contribution in [0.15, 0.2) is 0 Å². The molecule has 0 saturated carbocycles. The lowest BCUT2D eigenvalue weighted by molar-refractivity contribution is -0.142. The monoisotopic (exact) mass is 316 g/mol. The third kappa shape index (κ3) is 7.02. The van der Waals surface area contributed by atoms with Crippen LogP contribution in [0.25, 0.3) is 0 Å². The van der Waals surface area contributed by atoms with Gasteiger partial charge in [0.25, 0.3) is 0 Å². The van der Waals surface area contributed by atoms with Gasteiger partial charge in [0.15, 0.2) is 0 Å². The summed E-state index contributed by atoms with van der Waals surface area (Å²) in [7, 11) is 0. The van der Waals surface area contributed by atoms with Crippen LogP contribution in [0.2, 0.25) is 0 Å². The molecule has 0 aromatic heterocycles. The summed E-state index contributed by atoms with van der Waals surface area (Å²) in [5, 5.41) is 13.6. The molecule has 0 aromatic carbocycles.